The van der Waals surface area contributed by atoms with Crippen LogP contribution < -0.4 is 0 Å². The van der Waals surface area contributed by atoms with Gasteiger partial charge in [-0.3, -0.25) is 9.48 Å². The lowest BCUT2D eigenvalue weighted by Crippen LogP contribution is -2.24. The summed E-state index contributed by atoms with van der Waals surface area (Å²) in [7, 11) is 0. The Morgan fingerprint density at radius 3 is 2.64 bits per heavy atom. The molecule has 1 fully saturated rings. The molecule has 0 atom stereocenters. The van der Waals surface area contributed by atoms with E-state index in [1.165, 1.54) is 0 Å². The Morgan fingerprint density at radius 1 is 1.36 bits per heavy atom. The summed E-state index contributed by atoms with van der Waals surface area (Å²) in [5, 5.41) is 3.79. The molecule has 0 aliphatic heterocycles. The Bertz CT molecular complexity index is 537. The molecule has 1 aromatic heterocycles. The fourth-order valence-electron chi connectivity index (χ4n) is 2.82. The number of nitrogens with zero attached hydrogens (tertiary/aromatic N) is 2. The van der Waals surface area contributed by atoms with Crippen molar-refractivity contribution in [1.29, 1.82) is 0 Å². The molecule has 1 saturated carbocycles. The molecule has 7 heteroatoms. The Kier molecular flexibility index (Phi) is 5.63. The molecule has 0 bridgehead atoms. The first-order valence-electron chi connectivity index (χ1n) is 7.58. The quantitative estimate of drug-likeness (QED) is 0.757. The number of carbonyl (C=O) groups is 2. The van der Waals surface area contributed by atoms with Gasteiger partial charge in [-0.1, -0.05) is 19.3 Å². The number of halogens is 2. The molecule has 1 aliphatic carbocycles. The molecule has 0 spiro atoms. The monoisotopic (exact) mass is 314 g/mol. The molecule has 1 aliphatic rings. The molecule has 0 aromatic carbocycles. The first-order valence-corrected chi connectivity index (χ1v) is 7.58. The van der Waals surface area contributed by atoms with E-state index in [1.54, 1.807) is 6.92 Å². The number of ketones is 1. The summed E-state index contributed by atoms with van der Waals surface area (Å²) in [6.45, 7) is 1.47. The summed E-state index contributed by atoms with van der Waals surface area (Å²) >= 11 is 0. The highest BCUT2D eigenvalue weighted by Crippen LogP contribution is 2.27. The first kappa shape index (κ1) is 16.6. The fourth-order valence-corrected chi connectivity index (χ4v) is 2.82. The maximum absolute atomic E-state index is 13.2. The van der Waals surface area contributed by atoms with E-state index in [0.717, 1.165) is 43.0 Å². The Morgan fingerprint density at radius 2 is 2.05 bits per heavy atom. The summed E-state index contributed by atoms with van der Waals surface area (Å²) < 4.78 is 32.2. The van der Waals surface area contributed by atoms with E-state index in [4.69, 9.17) is 4.74 Å². The van der Waals surface area contributed by atoms with Crippen LogP contribution in [0.2, 0.25) is 0 Å². The molecule has 5 nitrogen and oxygen atoms in total. The van der Waals surface area contributed by atoms with E-state index in [1.807, 2.05) is 0 Å². The van der Waals surface area contributed by atoms with Crippen LogP contribution in [0.5, 0.6) is 0 Å². The van der Waals surface area contributed by atoms with Crippen molar-refractivity contribution in [1.82, 2.24) is 9.78 Å². The molecule has 1 aromatic rings. The molecule has 0 unspecified atom stereocenters. The lowest BCUT2D eigenvalue weighted by Gasteiger charge is -2.20. The summed E-state index contributed by atoms with van der Waals surface area (Å²) in [5.74, 6) is -1.02. The maximum Gasteiger partial charge on any atom is 0.341 e. The van der Waals surface area contributed by atoms with E-state index < -0.39 is 18.1 Å². The molecular formula is C15H20F2N2O3. The predicted molar refractivity (Wildman–Crippen MR) is 74.7 cm³/mol. The lowest BCUT2D eigenvalue weighted by atomic mass is 9.86. The van der Waals surface area contributed by atoms with Crippen LogP contribution in [0, 0.1) is 5.92 Å². The topological polar surface area (TPSA) is 61.2 Å². The van der Waals surface area contributed by atoms with E-state index in [2.05, 4.69) is 5.10 Å². The normalized spacial score (nSPS) is 16.0. The predicted octanol–water partition coefficient (Wildman–Crippen LogP) is 3.15. The van der Waals surface area contributed by atoms with Gasteiger partial charge in [0, 0.05) is 5.92 Å². The molecule has 22 heavy (non-hydrogen) atoms. The third kappa shape index (κ3) is 3.69. The number of alkyl halides is 2. The van der Waals surface area contributed by atoms with E-state index >= 15 is 0 Å². The van der Waals surface area contributed by atoms with Crippen LogP contribution in [0.4, 0.5) is 8.78 Å². The van der Waals surface area contributed by atoms with Gasteiger partial charge < -0.3 is 4.74 Å². The van der Waals surface area contributed by atoms with Crippen molar-refractivity contribution in [2.75, 3.05) is 6.61 Å². The van der Waals surface area contributed by atoms with Crippen molar-refractivity contribution in [2.24, 2.45) is 5.92 Å². The highest BCUT2D eigenvalue weighted by atomic mass is 19.3. The third-order valence-corrected chi connectivity index (χ3v) is 3.95. The average molecular weight is 314 g/mol. The minimum atomic E-state index is -2.89. The van der Waals surface area contributed by atoms with Crippen LogP contribution >= 0.6 is 0 Å². The smallest absolute Gasteiger partial charge is 0.341 e. The van der Waals surface area contributed by atoms with Crippen LogP contribution in [-0.4, -0.2) is 28.1 Å². The summed E-state index contributed by atoms with van der Waals surface area (Å²) in [5.41, 5.74) is -0.809. The molecule has 1 heterocycles. The summed E-state index contributed by atoms with van der Waals surface area (Å²) in [6.07, 6.45) is 2.86. The van der Waals surface area contributed by atoms with E-state index in [9.17, 15) is 18.4 Å². The van der Waals surface area contributed by atoms with Gasteiger partial charge in [0.15, 0.2) is 5.78 Å². The Labute approximate surface area is 127 Å². The first-order chi connectivity index (χ1) is 10.5. The van der Waals surface area contributed by atoms with Crippen molar-refractivity contribution < 1.29 is 23.1 Å². The Balaban J connectivity index is 2.16. The highest BCUT2D eigenvalue weighted by molar-refractivity contribution is 5.90. The number of aromatic nitrogens is 2. The van der Waals surface area contributed by atoms with E-state index in [0.29, 0.717) is 0 Å². The largest absolute Gasteiger partial charge is 0.462 e. The zero-order chi connectivity index (χ0) is 16.1. The third-order valence-electron chi connectivity index (χ3n) is 3.95. The van der Waals surface area contributed by atoms with Gasteiger partial charge in [0.2, 0.25) is 0 Å². The molecular weight excluding hydrogens is 294 g/mol. The van der Waals surface area contributed by atoms with Crippen molar-refractivity contribution in [3.05, 3.63) is 17.5 Å². The van der Waals surface area contributed by atoms with Gasteiger partial charge in [0.25, 0.3) is 6.43 Å². The average Bonchev–Trinajstić information content (AvgIpc) is 2.92. The number of Topliss-reactive ketones (excluding diaryl/α,β-unsaturated/α-hetero) is 1. The molecule has 0 saturated heterocycles. The van der Waals surface area contributed by atoms with Gasteiger partial charge in [-0.2, -0.15) is 5.10 Å². The van der Waals surface area contributed by atoms with Crippen molar-refractivity contribution in [3.63, 3.8) is 0 Å². The maximum atomic E-state index is 13.2. The Hall–Kier alpha value is -1.79. The van der Waals surface area contributed by atoms with Crippen molar-refractivity contribution in [2.45, 2.75) is 52.0 Å². The number of hydrogen-bond donors (Lipinski definition) is 0. The van der Waals surface area contributed by atoms with Gasteiger partial charge in [-0.25, -0.2) is 13.6 Å². The van der Waals surface area contributed by atoms with Gasteiger partial charge >= 0.3 is 5.97 Å². The lowest BCUT2D eigenvalue weighted by molar-refractivity contribution is -0.124. The molecule has 0 amide bonds. The second-order valence-electron chi connectivity index (χ2n) is 5.42. The second-order valence-corrected chi connectivity index (χ2v) is 5.42. The van der Waals surface area contributed by atoms with Crippen LogP contribution in [0.15, 0.2) is 6.20 Å². The van der Waals surface area contributed by atoms with Crippen LogP contribution in [0.25, 0.3) is 0 Å². The van der Waals surface area contributed by atoms with Crippen LogP contribution in [-0.2, 0) is 16.1 Å². The number of ether oxygens (including phenoxy) is 1. The van der Waals surface area contributed by atoms with Crippen LogP contribution in [0.3, 0.4) is 0 Å². The molecule has 122 valence electrons. The minimum absolute atomic E-state index is 0.0884. The summed E-state index contributed by atoms with van der Waals surface area (Å²) in [6, 6.07) is 0. The standard InChI is InChI=1S/C15H20F2N2O3/c1-2-22-15(21)11-8-18-19(13(11)14(16)17)9-12(20)10-6-4-3-5-7-10/h8,10,14H,2-7,9H2,1H3. The van der Waals surface area contributed by atoms with Crippen molar-refractivity contribution >= 4 is 11.8 Å². The van der Waals surface area contributed by atoms with Gasteiger partial charge in [0.1, 0.15) is 17.8 Å². The summed E-state index contributed by atoms with van der Waals surface area (Å²) in [4.78, 5) is 23.9. The number of carbonyl (C=O) groups excluding carboxylic acids is 2. The van der Waals surface area contributed by atoms with Crippen LogP contribution in [0.1, 0.15) is 61.5 Å². The van der Waals surface area contributed by atoms with Gasteiger partial charge in [-0.05, 0) is 19.8 Å². The molecule has 0 radical (unpaired) electrons. The molecule has 2 rings (SSSR count). The minimum Gasteiger partial charge on any atom is -0.462 e. The van der Waals surface area contributed by atoms with Crippen molar-refractivity contribution in [3.8, 4) is 0 Å². The number of esters is 1. The number of hydrogen-bond acceptors (Lipinski definition) is 4. The highest BCUT2D eigenvalue weighted by Gasteiger charge is 2.28. The molecule has 0 N–H and O–H groups in total. The SMILES string of the molecule is CCOC(=O)c1cnn(CC(=O)C2CCCCC2)c1C(F)F. The second kappa shape index (κ2) is 7.47. The van der Waals surface area contributed by atoms with Gasteiger partial charge in [-0.15, -0.1) is 0 Å². The fraction of sp³-hybridized carbons (Fsp3) is 0.667. The zero-order valence-corrected chi connectivity index (χ0v) is 12.6. The number of rotatable bonds is 6. The van der Waals surface area contributed by atoms with Gasteiger partial charge in [0.05, 0.1) is 12.8 Å². The zero-order valence-electron chi connectivity index (χ0n) is 12.6. The van der Waals surface area contributed by atoms with E-state index in [-0.39, 0.29) is 30.4 Å².